The minimum atomic E-state index is -0.149. The predicted molar refractivity (Wildman–Crippen MR) is 52.9 cm³/mol. The first-order valence-corrected chi connectivity index (χ1v) is 4.27. The molecule has 2 N–H and O–H groups in total. The molecule has 0 atom stereocenters. The van der Waals surface area contributed by atoms with Crippen molar-refractivity contribution in [1.29, 1.82) is 10.8 Å². The third-order valence-electron chi connectivity index (χ3n) is 1.26. The van der Waals surface area contributed by atoms with Crippen LogP contribution in [0, 0.1) is 10.8 Å². The van der Waals surface area contributed by atoms with Crippen LogP contribution in [0.2, 0.25) is 0 Å². The van der Waals surface area contributed by atoms with Crippen LogP contribution in [0.5, 0.6) is 0 Å². The maximum absolute atomic E-state index is 7.31. The third kappa shape index (κ3) is 1.40. The summed E-state index contributed by atoms with van der Waals surface area (Å²) in [5, 5.41) is 14.4. The maximum atomic E-state index is 7.31. The van der Waals surface area contributed by atoms with E-state index >= 15 is 0 Å². The summed E-state index contributed by atoms with van der Waals surface area (Å²) in [5.41, 5.74) is -0.298. The molecule has 64 valence electrons. The van der Waals surface area contributed by atoms with Gasteiger partial charge in [-0.3, -0.25) is 10.8 Å². The van der Waals surface area contributed by atoms with Crippen LogP contribution < -0.4 is 0 Å². The van der Waals surface area contributed by atoms with Gasteiger partial charge in [0.15, 0.2) is 0 Å². The number of nitrogens with one attached hydrogen (secondary N) is 2. The second-order valence-corrected chi connectivity index (χ2v) is 3.52. The minimum absolute atomic E-state index is 0.0453. The Morgan fingerprint density at radius 3 is 0.917 bits per heavy atom. The fraction of sp³-hybridized carbons (Fsp3) is 0. The van der Waals surface area contributed by atoms with Gasteiger partial charge in [0.2, 0.25) is 0 Å². The summed E-state index contributed by atoms with van der Waals surface area (Å²) in [6.45, 7) is 0. The Kier molecular flexibility index (Phi) is 2.84. The lowest BCUT2D eigenvalue weighted by Gasteiger charge is -2.13. The van der Waals surface area contributed by atoms with Gasteiger partial charge >= 0.3 is 0 Å². The average Bonchev–Trinajstić information content (AvgIpc) is 2.08. The van der Waals surface area contributed by atoms with Crippen molar-refractivity contribution >= 4 is 57.8 Å². The van der Waals surface area contributed by atoms with Crippen molar-refractivity contribution in [3.05, 3.63) is 20.1 Å². The lowest BCUT2D eigenvalue weighted by molar-refractivity contribution is 1.47. The van der Waals surface area contributed by atoms with Crippen molar-refractivity contribution in [3.63, 3.8) is 0 Å². The van der Waals surface area contributed by atoms with E-state index < -0.39 is 0 Å². The van der Waals surface area contributed by atoms with Crippen LogP contribution in [0.15, 0.2) is 20.1 Å². The molecule has 0 aromatic heterocycles. The summed E-state index contributed by atoms with van der Waals surface area (Å²) in [4.78, 5) is 0. The Hall–Kier alpha value is -0.0200. The Bertz CT molecular complexity index is 277. The van der Waals surface area contributed by atoms with Crippen molar-refractivity contribution in [3.8, 4) is 0 Å². The van der Waals surface area contributed by atoms with Crippen LogP contribution in [-0.2, 0) is 0 Å². The highest BCUT2D eigenvalue weighted by Gasteiger charge is 2.25. The zero-order valence-electron chi connectivity index (χ0n) is 5.51. The van der Waals surface area contributed by atoms with Crippen molar-refractivity contribution in [2.24, 2.45) is 0 Å². The molecule has 0 radical (unpaired) electrons. The van der Waals surface area contributed by atoms with E-state index in [2.05, 4.69) is 0 Å². The Balaban J connectivity index is 3.32. The second kappa shape index (κ2) is 3.38. The summed E-state index contributed by atoms with van der Waals surface area (Å²) < 4.78 is 0. The van der Waals surface area contributed by atoms with Crippen LogP contribution in [0.25, 0.3) is 0 Å². The van der Waals surface area contributed by atoms with Crippen molar-refractivity contribution < 1.29 is 0 Å². The van der Waals surface area contributed by atoms with E-state index in [0.717, 1.165) is 0 Å². The maximum Gasteiger partial charge on any atom is 0.0944 e. The molecule has 1 aliphatic rings. The van der Waals surface area contributed by atoms with Gasteiger partial charge in [-0.25, -0.2) is 0 Å². The van der Waals surface area contributed by atoms with Gasteiger partial charge < -0.3 is 0 Å². The molecule has 0 aromatic rings. The highest BCUT2D eigenvalue weighted by molar-refractivity contribution is 6.69. The largest absolute Gasteiger partial charge is 0.298 e. The molecule has 0 aliphatic heterocycles. The number of allylic oxidation sites excluding steroid dienone is 4. The summed E-state index contributed by atoms with van der Waals surface area (Å²) in [7, 11) is 0. The molecule has 0 bridgehead atoms. The van der Waals surface area contributed by atoms with E-state index in [0.29, 0.717) is 0 Å². The van der Waals surface area contributed by atoms with E-state index in [-0.39, 0.29) is 31.6 Å². The average molecular weight is 244 g/mol. The monoisotopic (exact) mass is 242 g/mol. The zero-order chi connectivity index (χ0) is 9.46. The molecule has 2 nitrogen and oxygen atoms in total. The van der Waals surface area contributed by atoms with Crippen LogP contribution in [0.1, 0.15) is 0 Å². The van der Waals surface area contributed by atoms with E-state index in [1.165, 1.54) is 0 Å². The van der Waals surface area contributed by atoms with E-state index in [1.807, 2.05) is 0 Å². The number of halogens is 4. The molecule has 6 heteroatoms. The van der Waals surface area contributed by atoms with Gasteiger partial charge in [0.25, 0.3) is 0 Å². The number of rotatable bonds is 0. The molecule has 1 aliphatic carbocycles. The SMILES string of the molecule is N=C1C(Cl)=C(Cl)C(=N)C(Cl)=C1Cl. The lowest BCUT2D eigenvalue weighted by Crippen LogP contribution is -2.13. The lowest BCUT2D eigenvalue weighted by atomic mass is 10.1. The highest BCUT2D eigenvalue weighted by atomic mass is 35.5. The fourth-order valence-electron chi connectivity index (χ4n) is 0.632. The first-order chi connectivity index (χ1) is 5.46. The normalized spacial score (nSPS) is 19.3. The fourth-order valence-corrected chi connectivity index (χ4v) is 1.48. The molecule has 0 spiro atoms. The molecule has 0 amide bonds. The molecule has 0 heterocycles. The molecule has 0 aromatic carbocycles. The quantitative estimate of drug-likeness (QED) is 0.613. The molecular formula is C6H2Cl4N2. The Morgan fingerprint density at radius 2 is 0.750 bits per heavy atom. The van der Waals surface area contributed by atoms with E-state index in [1.54, 1.807) is 0 Å². The summed E-state index contributed by atoms with van der Waals surface area (Å²) in [6, 6.07) is 0. The van der Waals surface area contributed by atoms with Crippen molar-refractivity contribution in [2.45, 2.75) is 0 Å². The van der Waals surface area contributed by atoms with Crippen molar-refractivity contribution in [2.75, 3.05) is 0 Å². The topological polar surface area (TPSA) is 47.7 Å². The van der Waals surface area contributed by atoms with Gasteiger partial charge in [-0.2, -0.15) is 0 Å². The minimum Gasteiger partial charge on any atom is -0.298 e. The molecule has 0 fully saturated rings. The first kappa shape index (κ1) is 10.1. The smallest absolute Gasteiger partial charge is 0.0944 e. The summed E-state index contributed by atoms with van der Waals surface area (Å²) in [5.74, 6) is 0. The van der Waals surface area contributed by atoms with E-state index in [4.69, 9.17) is 57.2 Å². The second-order valence-electron chi connectivity index (χ2n) is 2.01. The molecular weight excluding hydrogens is 242 g/mol. The Morgan fingerprint density at radius 1 is 0.583 bits per heavy atom. The van der Waals surface area contributed by atoms with Gasteiger partial charge in [0.05, 0.1) is 31.6 Å². The van der Waals surface area contributed by atoms with Crippen LogP contribution in [0.3, 0.4) is 0 Å². The van der Waals surface area contributed by atoms with Crippen LogP contribution in [0.4, 0.5) is 0 Å². The summed E-state index contributed by atoms with van der Waals surface area (Å²) in [6.07, 6.45) is 0. The molecule has 0 saturated heterocycles. The molecule has 0 saturated carbocycles. The predicted octanol–water partition coefficient (Wildman–Crippen LogP) is 3.42. The number of hydrogen-bond donors (Lipinski definition) is 2. The molecule has 0 unspecified atom stereocenters. The highest BCUT2D eigenvalue weighted by Crippen LogP contribution is 2.33. The number of hydrogen-bond acceptors (Lipinski definition) is 2. The standard InChI is InChI=1S/C6H2Cl4N2/c7-1-2(8)6(12)4(10)3(9)5(1)11/h11-12H. The van der Waals surface area contributed by atoms with Crippen LogP contribution in [-0.4, -0.2) is 11.4 Å². The molecule has 1 rings (SSSR count). The molecule has 12 heavy (non-hydrogen) atoms. The third-order valence-corrected chi connectivity index (χ3v) is 2.97. The van der Waals surface area contributed by atoms with E-state index in [9.17, 15) is 0 Å². The van der Waals surface area contributed by atoms with Crippen molar-refractivity contribution in [1.82, 2.24) is 0 Å². The zero-order valence-corrected chi connectivity index (χ0v) is 8.54. The first-order valence-electron chi connectivity index (χ1n) is 2.76. The van der Waals surface area contributed by atoms with Gasteiger partial charge in [0, 0.05) is 0 Å². The van der Waals surface area contributed by atoms with Gasteiger partial charge in [-0.15, -0.1) is 0 Å². The van der Waals surface area contributed by atoms with Gasteiger partial charge in [0.1, 0.15) is 0 Å². The summed E-state index contributed by atoms with van der Waals surface area (Å²) >= 11 is 22.3. The van der Waals surface area contributed by atoms with Crippen LogP contribution >= 0.6 is 46.4 Å². The van der Waals surface area contributed by atoms with Gasteiger partial charge in [-0.1, -0.05) is 46.4 Å². The Labute approximate surface area is 88.8 Å². The van der Waals surface area contributed by atoms with Gasteiger partial charge in [-0.05, 0) is 0 Å².